The molecule has 1 rings (SSSR count). The van der Waals surface area contributed by atoms with Crippen LogP contribution in [0, 0.1) is 0 Å². The maximum Gasteiger partial charge on any atom is 0.0804 e. The summed E-state index contributed by atoms with van der Waals surface area (Å²) in [6.07, 6.45) is 3.50. The fraction of sp³-hybridized carbons (Fsp3) is 0.750. The lowest BCUT2D eigenvalue weighted by Crippen LogP contribution is -2.22. The molecule has 1 fully saturated rings. The Bertz CT molecular complexity index is 114. The topological polar surface area (TPSA) is 29.5 Å². The van der Waals surface area contributed by atoms with Gasteiger partial charge >= 0.3 is 0 Å². The molecule has 0 radical (unpaired) electrons. The van der Waals surface area contributed by atoms with Crippen molar-refractivity contribution in [3.8, 4) is 0 Å². The van der Waals surface area contributed by atoms with E-state index in [1.807, 2.05) is 0 Å². The molecular formula is C8H14O2. The van der Waals surface area contributed by atoms with Crippen LogP contribution in [0.25, 0.3) is 0 Å². The van der Waals surface area contributed by atoms with Gasteiger partial charge in [0.15, 0.2) is 0 Å². The Morgan fingerprint density at radius 1 is 1.60 bits per heavy atom. The van der Waals surface area contributed by atoms with Crippen molar-refractivity contribution in [1.29, 1.82) is 0 Å². The van der Waals surface area contributed by atoms with Crippen LogP contribution in [0.15, 0.2) is 12.2 Å². The molecule has 0 saturated carbocycles. The second-order valence-corrected chi connectivity index (χ2v) is 2.67. The van der Waals surface area contributed by atoms with Gasteiger partial charge in [0.25, 0.3) is 0 Å². The number of ether oxygens (including phenoxy) is 1. The fourth-order valence-corrected chi connectivity index (χ4v) is 1.16. The van der Waals surface area contributed by atoms with Crippen molar-refractivity contribution in [2.24, 2.45) is 0 Å². The van der Waals surface area contributed by atoms with E-state index in [1.165, 1.54) is 6.42 Å². The molecule has 0 spiro atoms. The van der Waals surface area contributed by atoms with Crippen LogP contribution in [0.3, 0.4) is 0 Å². The van der Waals surface area contributed by atoms with Crippen molar-refractivity contribution >= 4 is 0 Å². The lowest BCUT2D eigenvalue weighted by molar-refractivity contribution is 0.0334. The minimum Gasteiger partial charge on any atom is -0.392 e. The molecule has 1 aliphatic heterocycles. The van der Waals surface area contributed by atoms with Crippen LogP contribution in [-0.2, 0) is 4.74 Å². The molecule has 1 N–H and O–H groups in total. The van der Waals surface area contributed by atoms with Crippen LogP contribution in [0.1, 0.15) is 19.3 Å². The first kappa shape index (κ1) is 7.76. The monoisotopic (exact) mass is 142 g/mol. The second kappa shape index (κ2) is 3.74. The summed E-state index contributed by atoms with van der Waals surface area (Å²) in [6.45, 7) is 4.61. The third-order valence-corrected chi connectivity index (χ3v) is 1.84. The van der Waals surface area contributed by atoms with Gasteiger partial charge in [0.1, 0.15) is 0 Å². The number of aliphatic hydroxyl groups excluding tert-OH is 1. The molecule has 1 saturated heterocycles. The Labute approximate surface area is 61.5 Å². The zero-order valence-corrected chi connectivity index (χ0v) is 6.18. The zero-order chi connectivity index (χ0) is 7.40. The largest absolute Gasteiger partial charge is 0.392 e. The van der Waals surface area contributed by atoms with Gasteiger partial charge in [-0.15, -0.1) is 0 Å². The summed E-state index contributed by atoms with van der Waals surface area (Å²) in [5.41, 5.74) is 0.819. The quantitative estimate of drug-likeness (QED) is 0.585. The minimum absolute atomic E-state index is 0.0602. The molecule has 1 atom stereocenters. The molecule has 58 valence electrons. The van der Waals surface area contributed by atoms with Gasteiger partial charge in [-0.1, -0.05) is 6.58 Å². The van der Waals surface area contributed by atoms with Gasteiger partial charge in [-0.2, -0.15) is 0 Å². The molecule has 0 aromatic rings. The molecule has 2 heteroatoms. The van der Waals surface area contributed by atoms with E-state index in [4.69, 9.17) is 9.84 Å². The molecule has 1 aliphatic rings. The highest BCUT2D eigenvalue weighted by Crippen LogP contribution is 2.17. The molecule has 1 unspecified atom stereocenters. The second-order valence-electron chi connectivity index (χ2n) is 2.67. The molecule has 0 bridgehead atoms. The number of rotatable bonds is 2. The molecule has 2 nitrogen and oxygen atoms in total. The van der Waals surface area contributed by atoms with Crippen molar-refractivity contribution in [3.05, 3.63) is 12.2 Å². The molecule has 0 aromatic heterocycles. The normalized spacial score (nSPS) is 26.3. The van der Waals surface area contributed by atoms with E-state index in [-0.39, 0.29) is 12.7 Å². The summed E-state index contributed by atoms with van der Waals surface area (Å²) in [5.74, 6) is 0. The molecule has 0 aliphatic carbocycles. The van der Waals surface area contributed by atoms with Gasteiger partial charge in [0.05, 0.1) is 12.7 Å². The Morgan fingerprint density at radius 3 is 2.90 bits per heavy atom. The first-order chi connectivity index (χ1) is 4.84. The third kappa shape index (κ3) is 1.82. The minimum atomic E-state index is 0.0602. The van der Waals surface area contributed by atoms with Gasteiger partial charge in [0, 0.05) is 6.61 Å². The SMILES string of the molecule is C=C(CO)C1CCCCO1. The van der Waals surface area contributed by atoms with Crippen molar-refractivity contribution in [1.82, 2.24) is 0 Å². The number of hydrogen-bond acceptors (Lipinski definition) is 2. The first-order valence-corrected chi connectivity index (χ1v) is 3.74. The van der Waals surface area contributed by atoms with Gasteiger partial charge in [0.2, 0.25) is 0 Å². The van der Waals surface area contributed by atoms with E-state index in [0.29, 0.717) is 0 Å². The molecule has 1 heterocycles. The summed E-state index contributed by atoms with van der Waals surface area (Å²) < 4.78 is 5.37. The van der Waals surface area contributed by atoms with Crippen molar-refractivity contribution in [2.45, 2.75) is 25.4 Å². The Hall–Kier alpha value is -0.340. The maximum atomic E-state index is 8.71. The van der Waals surface area contributed by atoms with Gasteiger partial charge in [-0.25, -0.2) is 0 Å². The van der Waals surface area contributed by atoms with E-state index in [0.717, 1.165) is 25.0 Å². The van der Waals surface area contributed by atoms with Gasteiger partial charge in [-0.05, 0) is 24.8 Å². The van der Waals surface area contributed by atoms with E-state index >= 15 is 0 Å². The summed E-state index contributed by atoms with van der Waals surface area (Å²) in [6, 6.07) is 0. The summed E-state index contributed by atoms with van der Waals surface area (Å²) in [7, 11) is 0. The molecule has 0 aromatic carbocycles. The number of aliphatic hydroxyl groups is 1. The van der Waals surface area contributed by atoms with Crippen molar-refractivity contribution in [2.75, 3.05) is 13.2 Å². The Morgan fingerprint density at radius 2 is 2.40 bits per heavy atom. The lowest BCUT2D eigenvalue weighted by Gasteiger charge is -2.23. The van der Waals surface area contributed by atoms with E-state index in [9.17, 15) is 0 Å². The maximum absolute atomic E-state index is 8.71. The van der Waals surface area contributed by atoms with E-state index < -0.39 is 0 Å². The zero-order valence-electron chi connectivity index (χ0n) is 6.18. The fourth-order valence-electron chi connectivity index (χ4n) is 1.16. The standard InChI is InChI=1S/C8H14O2/c1-7(6-9)8-4-2-3-5-10-8/h8-9H,1-6H2. The molecular weight excluding hydrogens is 128 g/mol. The van der Waals surface area contributed by atoms with Gasteiger partial charge < -0.3 is 9.84 Å². The van der Waals surface area contributed by atoms with E-state index in [1.54, 1.807) is 0 Å². The summed E-state index contributed by atoms with van der Waals surface area (Å²) in [5, 5.41) is 8.71. The Kier molecular flexibility index (Phi) is 2.90. The van der Waals surface area contributed by atoms with Crippen molar-refractivity contribution in [3.63, 3.8) is 0 Å². The van der Waals surface area contributed by atoms with Gasteiger partial charge in [-0.3, -0.25) is 0 Å². The highest BCUT2D eigenvalue weighted by molar-refractivity contribution is 5.02. The average molecular weight is 142 g/mol. The van der Waals surface area contributed by atoms with Crippen LogP contribution < -0.4 is 0 Å². The van der Waals surface area contributed by atoms with Crippen molar-refractivity contribution < 1.29 is 9.84 Å². The van der Waals surface area contributed by atoms with Crippen LogP contribution in [0.4, 0.5) is 0 Å². The van der Waals surface area contributed by atoms with Crippen LogP contribution in [0.2, 0.25) is 0 Å². The smallest absolute Gasteiger partial charge is 0.0804 e. The highest BCUT2D eigenvalue weighted by atomic mass is 16.5. The third-order valence-electron chi connectivity index (χ3n) is 1.84. The predicted molar refractivity (Wildman–Crippen MR) is 39.8 cm³/mol. The highest BCUT2D eigenvalue weighted by Gasteiger charge is 2.15. The van der Waals surface area contributed by atoms with Crippen LogP contribution in [-0.4, -0.2) is 24.4 Å². The number of hydrogen-bond donors (Lipinski definition) is 1. The predicted octanol–water partition coefficient (Wildman–Crippen LogP) is 1.10. The van der Waals surface area contributed by atoms with Crippen LogP contribution >= 0.6 is 0 Å². The summed E-state index contributed by atoms with van der Waals surface area (Å²) >= 11 is 0. The first-order valence-electron chi connectivity index (χ1n) is 3.74. The van der Waals surface area contributed by atoms with Crippen LogP contribution in [0.5, 0.6) is 0 Å². The average Bonchev–Trinajstić information content (AvgIpc) is 2.05. The molecule has 10 heavy (non-hydrogen) atoms. The lowest BCUT2D eigenvalue weighted by atomic mass is 10.0. The Balaban J connectivity index is 2.31. The summed E-state index contributed by atoms with van der Waals surface area (Å²) in [4.78, 5) is 0. The molecule has 0 amide bonds. The van der Waals surface area contributed by atoms with E-state index in [2.05, 4.69) is 6.58 Å².